The maximum atomic E-state index is 13.8. The van der Waals surface area contributed by atoms with Gasteiger partial charge < -0.3 is 24.2 Å². The fourth-order valence-electron chi connectivity index (χ4n) is 7.21. The number of carbonyl (C=O) groups is 1. The molecular formula is C34H41F6N5O3. The summed E-state index contributed by atoms with van der Waals surface area (Å²) in [6.07, 6.45) is -2.13. The Balaban J connectivity index is 1.34. The van der Waals surface area contributed by atoms with Crippen LogP contribution in [0.5, 0.6) is 0 Å². The van der Waals surface area contributed by atoms with E-state index in [0.717, 1.165) is 36.1 Å². The van der Waals surface area contributed by atoms with Gasteiger partial charge in [0.15, 0.2) is 0 Å². The van der Waals surface area contributed by atoms with Gasteiger partial charge >= 0.3 is 18.4 Å². The van der Waals surface area contributed by atoms with Crippen molar-refractivity contribution in [2.45, 2.75) is 83.0 Å². The third kappa shape index (κ3) is 6.69. The highest BCUT2D eigenvalue weighted by atomic mass is 19.4. The predicted molar refractivity (Wildman–Crippen MR) is 167 cm³/mol. The minimum absolute atomic E-state index is 0.137. The normalized spacial score (nSPS) is 28.1. The first-order valence-electron chi connectivity index (χ1n) is 16.3. The van der Waals surface area contributed by atoms with E-state index < -0.39 is 41.2 Å². The number of alkyl halides is 6. The SMILES string of the molecule is CCC1(COC(=O)N2C[C@@H](N(Cc3cc(C(F)(F)F)cc(C(F)(F)F)c3)C3=NC=C(C4=CCC(C)N=C4)CN3C)CC23C[C@@H]3C)COC1. The number of guanidine groups is 1. The number of hydrogen-bond donors (Lipinski definition) is 0. The molecule has 5 aliphatic rings. The van der Waals surface area contributed by atoms with Crippen molar-refractivity contribution in [3.05, 3.63) is 58.3 Å². The van der Waals surface area contributed by atoms with Gasteiger partial charge in [-0.05, 0) is 73.4 Å². The van der Waals surface area contributed by atoms with Crippen molar-refractivity contribution < 1.29 is 40.6 Å². The smallest absolute Gasteiger partial charge is 0.416 e. The van der Waals surface area contributed by atoms with Gasteiger partial charge in [0, 0.05) is 39.1 Å². The molecule has 4 heterocycles. The second kappa shape index (κ2) is 12.4. The molecule has 4 atom stereocenters. The van der Waals surface area contributed by atoms with Crippen molar-refractivity contribution in [3.63, 3.8) is 0 Å². The van der Waals surface area contributed by atoms with Crippen LogP contribution in [-0.4, -0.2) is 90.5 Å². The van der Waals surface area contributed by atoms with Crippen LogP contribution in [0.3, 0.4) is 0 Å². The Hall–Kier alpha value is -3.55. The Bertz CT molecular complexity index is 1510. The van der Waals surface area contributed by atoms with E-state index in [-0.39, 0.29) is 48.7 Å². The first-order valence-corrected chi connectivity index (χ1v) is 16.3. The fourth-order valence-corrected chi connectivity index (χ4v) is 7.21. The number of dihydropyridines is 1. The second-order valence-electron chi connectivity index (χ2n) is 14.1. The van der Waals surface area contributed by atoms with Crippen molar-refractivity contribution in [1.29, 1.82) is 0 Å². The number of aliphatic imine (C=N–C) groups is 2. The number of benzene rings is 1. The Morgan fingerprint density at radius 2 is 1.75 bits per heavy atom. The average molecular weight is 682 g/mol. The molecule has 48 heavy (non-hydrogen) atoms. The van der Waals surface area contributed by atoms with E-state index in [1.54, 1.807) is 29.3 Å². The lowest BCUT2D eigenvalue weighted by Crippen LogP contribution is -2.50. The van der Waals surface area contributed by atoms with Crippen molar-refractivity contribution in [1.82, 2.24) is 14.7 Å². The number of likely N-dealkylation sites (N-methyl/N-ethyl adjacent to an activating group) is 1. The van der Waals surface area contributed by atoms with Crippen LogP contribution in [0.1, 0.15) is 63.1 Å². The highest BCUT2D eigenvalue weighted by molar-refractivity contribution is 5.88. The van der Waals surface area contributed by atoms with Crippen LogP contribution >= 0.6 is 0 Å². The Labute approximate surface area is 276 Å². The van der Waals surface area contributed by atoms with Gasteiger partial charge in [-0.15, -0.1) is 0 Å². The van der Waals surface area contributed by atoms with Gasteiger partial charge in [0.2, 0.25) is 5.96 Å². The zero-order valence-corrected chi connectivity index (χ0v) is 27.5. The molecule has 2 unspecified atom stereocenters. The van der Waals surface area contributed by atoms with Crippen LogP contribution in [0.4, 0.5) is 31.1 Å². The van der Waals surface area contributed by atoms with Gasteiger partial charge in [0.1, 0.15) is 6.61 Å². The molecule has 0 aromatic heterocycles. The average Bonchev–Trinajstić information content (AvgIpc) is 3.48. The molecule has 0 radical (unpaired) electrons. The molecule has 1 aliphatic carbocycles. The van der Waals surface area contributed by atoms with E-state index in [2.05, 4.69) is 11.1 Å². The van der Waals surface area contributed by atoms with Gasteiger partial charge in [0.25, 0.3) is 0 Å². The van der Waals surface area contributed by atoms with Crippen LogP contribution in [0.15, 0.2) is 51.6 Å². The van der Waals surface area contributed by atoms with Crippen molar-refractivity contribution in [2.24, 2.45) is 21.3 Å². The number of carbonyl (C=O) groups excluding carboxylic acids is 1. The lowest BCUT2D eigenvalue weighted by Gasteiger charge is -2.40. The third-order valence-electron chi connectivity index (χ3n) is 10.5. The molecule has 3 fully saturated rings. The number of likely N-dealkylation sites (tertiary alicyclic amines) is 1. The van der Waals surface area contributed by atoms with E-state index in [9.17, 15) is 31.1 Å². The summed E-state index contributed by atoms with van der Waals surface area (Å²) < 4.78 is 94.2. The molecule has 262 valence electrons. The fraction of sp³-hybridized carbons (Fsp3) is 0.618. The van der Waals surface area contributed by atoms with Crippen LogP contribution in [-0.2, 0) is 28.4 Å². The lowest BCUT2D eigenvalue weighted by molar-refractivity contribution is -0.143. The summed E-state index contributed by atoms with van der Waals surface area (Å²) >= 11 is 0. The van der Waals surface area contributed by atoms with Crippen LogP contribution < -0.4 is 0 Å². The minimum Gasteiger partial charge on any atom is -0.449 e. The first-order chi connectivity index (χ1) is 22.5. The Morgan fingerprint density at radius 1 is 1.08 bits per heavy atom. The van der Waals surface area contributed by atoms with Gasteiger partial charge in [-0.3, -0.25) is 4.99 Å². The molecule has 1 saturated carbocycles. The molecule has 6 rings (SSSR count). The van der Waals surface area contributed by atoms with E-state index in [1.807, 2.05) is 25.7 Å². The van der Waals surface area contributed by atoms with Crippen LogP contribution in [0.2, 0.25) is 0 Å². The number of halogens is 6. The van der Waals surface area contributed by atoms with E-state index in [0.29, 0.717) is 38.6 Å². The monoisotopic (exact) mass is 681 g/mol. The summed E-state index contributed by atoms with van der Waals surface area (Å²) in [7, 11) is 1.79. The summed E-state index contributed by atoms with van der Waals surface area (Å²) in [5.41, 5.74) is -1.83. The number of ether oxygens (including phenoxy) is 2. The number of rotatable bonds is 7. The van der Waals surface area contributed by atoms with E-state index in [1.165, 1.54) is 0 Å². The number of amides is 1. The summed E-state index contributed by atoms with van der Waals surface area (Å²) in [5.74, 6) is 0.540. The Kier molecular flexibility index (Phi) is 8.87. The maximum absolute atomic E-state index is 13.8. The van der Waals surface area contributed by atoms with Gasteiger partial charge in [0.05, 0.1) is 47.4 Å². The quantitative estimate of drug-likeness (QED) is 0.293. The summed E-state index contributed by atoms with van der Waals surface area (Å²) in [6, 6.07) is 1.38. The molecule has 1 spiro atoms. The van der Waals surface area contributed by atoms with Gasteiger partial charge in [-0.25, -0.2) is 9.79 Å². The zero-order valence-electron chi connectivity index (χ0n) is 27.5. The second-order valence-corrected chi connectivity index (χ2v) is 14.1. The highest BCUT2D eigenvalue weighted by Crippen LogP contribution is 2.56. The molecule has 1 amide bonds. The topological polar surface area (TPSA) is 70.0 Å². The molecule has 0 N–H and O–H groups in total. The number of hydrogen-bond acceptors (Lipinski definition) is 7. The largest absolute Gasteiger partial charge is 0.449 e. The van der Waals surface area contributed by atoms with E-state index in [4.69, 9.17) is 14.5 Å². The Morgan fingerprint density at radius 3 is 2.25 bits per heavy atom. The molecule has 8 nitrogen and oxygen atoms in total. The van der Waals surface area contributed by atoms with Crippen molar-refractivity contribution in [3.8, 4) is 0 Å². The van der Waals surface area contributed by atoms with Gasteiger partial charge in [-0.1, -0.05) is 19.9 Å². The van der Waals surface area contributed by atoms with Crippen LogP contribution in [0, 0.1) is 11.3 Å². The lowest BCUT2D eigenvalue weighted by atomic mass is 9.84. The molecular weight excluding hydrogens is 640 g/mol. The highest BCUT2D eigenvalue weighted by Gasteiger charge is 2.63. The van der Waals surface area contributed by atoms with Gasteiger partial charge in [-0.2, -0.15) is 26.3 Å². The van der Waals surface area contributed by atoms with E-state index >= 15 is 0 Å². The number of nitrogens with zero attached hydrogens (tertiary/aromatic N) is 5. The van der Waals surface area contributed by atoms with Crippen molar-refractivity contribution >= 4 is 18.3 Å². The third-order valence-corrected chi connectivity index (χ3v) is 10.5. The molecule has 2 saturated heterocycles. The molecule has 4 aliphatic heterocycles. The summed E-state index contributed by atoms with van der Waals surface area (Å²) in [5, 5.41) is 0. The minimum atomic E-state index is -4.98. The molecule has 1 aromatic rings. The maximum Gasteiger partial charge on any atom is 0.416 e. The zero-order chi connectivity index (χ0) is 34.6. The molecule has 0 bridgehead atoms. The summed E-state index contributed by atoms with van der Waals surface area (Å²) in [4.78, 5) is 28.1. The summed E-state index contributed by atoms with van der Waals surface area (Å²) in [6.45, 7) is 7.59. The molecule has 1 aromatic carbocycles. The molecule has 14 heteroatoms. The van der Waals surface area contributed by atoms with Crippen molar-refractivity contribution in [2.75, 3.05) is 40.0 Å². The predicted octanol–water partition coefficient (Wildman–Crippen LogP) is 6.92. The standard InChI is InChI=1S/C34H41F6N5O3/c1-5-31(18-47-19-31)20-48-30(46)45-17-28(12-32(45)11-21(32)2)44(15-23-8-26(33(35,36)37)10-27(9-23)34(38,39)40)29-42-14-25(16-43(29)4)24-7-6-22(3)41-13-24/h7-10,13-14,21-22,28H,5-6,11-12,15-20H2,1-4H3/t21-,22?,28-,32?/m0/s1. The van der Waals surface area contributed by atoms with Crippen LogP contribution in [0.25, 0.3) is 0 Å². The first kappa shape index (κ1) is 34.3.